The summed E-state index contributed by atoms with van der Waals surface area (Å²) in [4.78, 5) is 15.1. The Bertz CT molecular complexity index is 928. The van der Waals surface area contributed by atoms with Gasteiger partial charge in [-0.2, -0.15) is 0 Å². The lowest BCUT2D eigenvalue weighted by Gasteiger charge is -2.44. The van der Waals surface area contributed by atoms with Crippen molar-refractivity contribution in [2.45, 2.75) is 18.9 Å². The third-order valence-electron chi connectivity index (χ3n) is 5.61. The molecular weight excluding hydrogens is 336 g/mol. The highest BCUT2D eigenvalue weighted by Gasteiger charge is 2.35. The van der Waals surface area contributed by atoms with Gasteiger partial charge in [-0.15, -0.1) is 12.4 Å². The molecule has 0 radical (unpaired) electrons. The van der Waals surface area contributed by atoms with Crippen LogP contribution in [0.25, 0.3) is 21.7 Å². The van der Waals surface area contributed by atoms with Crippen LogP contribution in [-0.4, -0.2) is 36.5 Å². The first-order valence-electron chi connectivity index (χ1n) is 8.72. The van der Waals surface area contributed by atoms with E-state index in [9.17, 15) is 4.79 Å². The molecule has 1 amide bonds. The van der Waals surface area contributed by atoms with Crippen LogP contribution in [0.1, 0.15) is 23.4 Å². The summed E-state index contributed by atoms with van der Waals surface area (Å²) in [5, 5.41) is 6.36. The van der Waals surface area contributed by atoms with Crippen LogP contribution in [0, 0.1) is 5.92 Å². The van der Waals surface area contributed by atoms with E-state index in [4.69, 9.17) is 4.42 Å². The first-order valence-corrected chi connectivity index (χ1v) is 8.72. The van der Waals surface area contributed by atoms with Crippen LogP contribution in [0.5, 0.6) is 0 Å². The first kappa shape index (κ1) is 16.4. The summed E-state index contributed by atoms with van der Waals surface area (Å²) in [7, 11) is 0. The molecule has 3 aliphatic heterocycles. The van der Waals surface area contributed by atoms with Crippen molar-refractivity contribution >= 4 is 40.1 Å². The second kappa shape index (κ2) is 6.36. The van der Waals surface area contributed by atoms with Crippen LogP contribution in [0.2, 0.25) is 0 Å². The Balaban J connectivity index is 0.00000157. The van der Waals surface area contributed by atoms with Crippen molar-refractivity contribution in [1.82, 2.24) is 10.2 Å². The molecule has 3 fully saturated rings. The average Bonchev–Trinajstić information content (AvgIpc) is 3.08. The normalized spacial score (nSPS) is 25.0. The first-order chi connectivity index (χ1) is 11.8. The van der Waals surface area contributed by atoms with Crippen LogP contribution >= 0.6 is 12.4 Å². The summed E-state index contributed by atoms with van der Waals surface area (Å²) in [6, 6.07) is 14.3. The van der Waals surface area contributed by atoms with E-state index in [-0.39, 0.29) is 24.4 Å². The van der Waals surface area contributed by atoms with E-state index in [1.165, 1.54) is 25.9 Å². The van der Waals surface area contributed by atoms with Gasteiger partial charge in [0, 0.05) is 23.4 Å². The Labute approximate surface area is 152 Å². The predicted molar refractivity (Wildman–Crippen MR) is 101 cm³/mol. The highest BCUT2D eigenvalue weighted by molar-refractivity contribution is 6.07. The number of carbonyl (C=O) groups excluding carboxylic acids is 1. The zero-order chi connectivity index (χ0) is 16.1. The number of nitrogens with zero attached hydrogens (tertiary/aromatic N) is 1. The third-order valence-corrected chi connectivity index (χ3v) is 5.61. The Hall–Kier alpha value is -2.04. The fourth-order valence-electron chi connectivity index (χ4n) is 4.25. The van der Waals surface area contributed by atoms with Gasteiger partial charge in [-0.1, -0.05) is 36.4 Å². The molecule has 25 heavy (non-hydrogen) atoms. The average molecular weight is 357 g/mol. The number of hydrogen-bond acceptors (Lipinski definition) is 3. The number of benzene rings is 2. The van der Waals surface area contributed by atoms with Crippen LogP contribution in [0.3, 0.4) is 0 Å². The molecule has 3 aliphatic rings. The second-order valence-corrected chi connectivity index (χ2v) is 7.03. The third kappa shape index (κ3) is 2.79. The summed E-state index contributed by atoms with van der Waals surface area (Å²) in [6.45, 7) is 3.32. The van der Waals surface area contributed by atoms with Crippen LogP contribution in [-0.2, 0) is 0 Å². The molecule has 3 saturated heterocycles. The van der Waals surface area contributed by atoms with Gasteiger partial charge < -0.3 is 14.6 Å². The van der Waals surface area contributed by atoms with Crippen LogP contribution in [0.4, 0.5) is 0 Å². The fourth-order valence-corrected chi connectivity index (χ4v) is 4.25. The standard InChI is InChI=1S/C20H20N2O2.ClH/c23-20(21-17-12-22-9-7-14(17)8-10-22)18-11-15-6-5-13-3-1-2-4-16(13)19(15)24-18;/h1-6,11,14,17H,7-10,12H2,(H,21,23);1H/t17-;/m0./s1. The maximum absolute atomic E-state index is 12.7. The molecule has 1 atom stereocenters. The number of piperidine rings is 3. The molecule has 2 bridgehead atoms. The van der Waals surface area contributed by atoms with E-state index in [2.05, 4.69) is 22.3 Å². The summed E-state index contributed by atoms with van der Waals surface area (Å²) in [5.41, 5.74) is 0.798. The lowest BCUT2D eigenvalue weighted by molar-refractivity contribution is 0.0607. The van der Waals surface area contributed by atoms with Crippen molar-refractivity contribution in [3.8, 4) is 0 Å². The molecule has 1 N–H and O–H groups in total. The van der Waals surface area contributed by atoms with E-state index >= 15 is 0 Å². The number of nitrogens with one attached hydrogen (secondary N) is 1. The highest BCUT2D eigenvalue weighted by Crippen LogP contribution is 2.30. The van der Waals surface area contributed by atoms with Gasteiger partial charge in [0.1, 0.15) is 5.58 Å². The lowest BCUT2D eigenvalue weighted by atomic mass is 9.84. The Morgan fingerprint density at radius 3 is 2.60 bits per heavy atom. The number of furan rings is 1. The Morgan fingerprint density at radius 2 is 1.84 bits per heavy atom. The molecule has 0 spiro atoms. The molecule has 4 heterocycles. The smallest absolute Gasteiger partial charge is 0.287 e. The van der Waals surface area contributed by atoms with Crippen LogP contribution < -0.4 is 5.32 Å². The van der Waals surface area contributed by atoms with Gasteiger partial charge in [-0.25, -0.2) is 0 Å². The van der Waals surface area contributed by atoms with E-state index in [1.54, 1.807) is 0 Å². The van der Waals surface area contributed by atoms with Gasteiger partial charge >= 0.3 is 0 Å². The van der Waals surface area contributed by atoms with Crippen LogP contribution in [0.15, 0.2) is 46.9 Å². The zero-order valence-electron chi connectivity index (χ0n) is 13.9. The van der Waals surface area contributed by atoms with Crippen molar-refractivity contribution in [3.05, 3.63) is 48.2 Å². The minimum absolute atomic E-state index is 0. The summed E-state index contributed by atoms with van der Waals surface area (Å²) < 4.78 is 5.94. The molecule has 0 aliphatic carbocycles. The molecule has 4 nitrogen and oxygen atoms in total. The minimum atomic E-state index is -0.0889. The second-order valence-electron chi connectivity index (χ2n) is 7.03. The van der Waals surface area contributed by atoms with Crippen molar-refractivity contribution in [3.63, 3.8) is 0 Å². The highest BCUT2D eigenvalue weighted by atomic mass is 35.5. The van der Waals surface area contributed by atoms with Gasteiger partial charge in [-0.05, 0) is 43.3 Å². The van der Waals surface area contributed by atoms with E-state index in [1.807, 2.05) is 30.3 Å². The van der Waals surface area contributed by atoms with Gasteiger partial charge in [0.15, 0.2) is 5.76 Å². The molecule has 2 aromatic carbocycles. The van der Waals surface area contributed by atoms with Gasteiger partial charge in [0.25, 0.3) is 5.91 Å². The summed E-state index contributed by atoms with van der Waals surface area (Å²) >= 11 is 0. The Morgan fingerprint density at radius 1 is 1.08 bits per heavy atom. The molecular formula is C20H21ClN2O2. The van der Waals surface area contributed by atoms with Gasteiger partial charge in [0.05, 0.1) is 0 Å². The van der Waals surface area contributed by atoms with E-state index < -0.39 is 0 Å². The molecule has 3 aromatic rings. The predicted octanol–water partition coefficient (Wildman–Crippen LogP) is 3.83. The quantitative estimate of drug-likeness (QED) is 0.759. The summed E-state index contributed by atoms with van der Waals surface area (Å²) in [6.07, 6.45) is 2.38. The van der Waals surface area contributed by atoms with E-state index in [0.717, 1.165) is 28.3 Å². The molecule has 0 saturated carbocycles. The number of amides is 1. The summed E-state index contributed by atoms with van der Waals surface area (Å²) in [5.74, 6) is 0.941. The van der Waals surface area contributed by atoms with Crippen molar-refractivity contribution in [2.24, 2.45) is 5.92 Å². The number of fused-ring (bicyclic) bond motifs is 6. The molecule has 130 valence electrons. The zero-order valence-corrected chi connectivity index (χ0v) is 14.7. The number of halogens is 1. The van der Waals surface area contributed by atoms with E-state index in [0.29, 0.717) is 11.7 Å². The fraction of sp³-hybridized carbons (Fsp3) is 0.350. The van der Waals surface area contributed by atoms with Gasteiger partial charge in [-0.3, -0.25) is 4.79 Å². The molecule has 5 heteroatoms. The molecule has 0 unspecified atom stereocenters. The lowest BCUT2D eigenvalue weighted by Crippen LogP contribution is -2.57. The number of rotatable bonds is 2. The topological polar surface area (TPSA) is 45.5 Å². The minimum Gasteiger partial charge on any atom is -0.450 e. The van der Waals surface area contributed by atoms with Crippen molar-refractivity contribution in [2.75, 3.05) is 19.6 Å². The maximum Gasteiger partial charge on any atom is 0.287 e. The van der Waals surface area contributed by atoms with Crippen molar-refractivity contribution < 1.29 is 9.21 Å². The maximum atomic E-state index is 12.7. The van der Waals surface area contributed by atoms with Gasteiger partial charge in [0.2, 0.25) is 0 Å². The molecule has 1 aromatic heterocycles. The number of hydrogen-bond donors (Lipinski definition) is 1. The monoisotopic (exact) mass is 356 g/mol. The van der Waals surface area contributed by atoms with Crippen molar-refractivity contribution in [1.29, 1.82) is 0 Å². The Kier molecular flexibility index (Phi) is 4.18. The largest absolute Gasteiger partial charge is 0.450 e. The SMILES string of the molecule is Cl.O=C(N[C@H]1CN2CCC1CC2)c1cc2ccc3ccccc3c2o1. The molecule has 6 rings (SSSR count). The number of carbonyl (C=O) groups is 1.